The van der Waals surface area contributed by atoms with Gasteiger partial charge in [-0.05, 0) is 59.5 Å². The predicted molar refractivity (Wildman–Crippen MR) is 80.6 cm³/mol. The lowest BCUT2D eigenvalue weighted by Crippen LogP contribution is -2.49. The summed E-state index contributed by atoms with van der Waals surface area (Å²) in [5.41, 5.74) is 0. The van der Waals surface area contributed by atoms with Crippen LogP contribution in [0.2, 0.25) is 0 Å². The van der Waals surface area contributed by atoms with E-state index < -0.39 is 0 Å². The van der Waals surface area contributed by atoms with Crippen molar-refractivity contribution in [1.29, 1.82) is 0 Å². The van der Waals surface area contributed by atoms with Crippen LogP contribution in [0.5, 0.6) is 0 Å². The van der Waals surface area contributed by atoms with Crippen molar-refractivity contribution in [1.82, 2.24) is 10.2 Å². The van der Waals surface area contributed by atoms with Crippen LogP contribution in [0.15, 0.2) is 0 Å². The summed E-state index contributed by atoms with van der Waals surface area (Å²) < 4.78 is 5.18. The molecule has 0 aromatic rings. The maximum absolute atomic E-state index is 11.9. The van der Waals surface area contributed by atoms with Crippen molar-refractivity contribution < 1.29 is 9.53 Å². The molecule has 1 aliphatic carbocycles. The molecule has 4 heteroatoms. The summed E-state index contributed by atoms with van der Waals surface area (Å²) in [6.45, 7) is 5.86. The second-order valence-corrected chi connectivity index (χ2v) is 6.53. The summed E-state index contributed by atoms with van der Waals surface area (Å²) >= 11 is 0. The van der Waals surface area contributed by atoms with Crippen LogP contribution in [0.4, 0.5) is 0 Å². The number of esters is 1. The van der Waals surface area contributed by atoms with Crippen LogP contribution in [0.25, 0.3) is 0 Å². The Morgan fingerprint density at radius 2 is 2.00 bits per heavy atom. The number of carbonyl (C=O) groups is 1. The SMILES string of the molecule is CCOC(=O)C1CCCC(NC2CCN(C)C(C)C2)C1. The van der Waals surface area contributed by atoms with Crippen molar-refractivity contribution in [2.45, 2.75) is 70.5 Å². The highest BCUT2D eigenvalue weighted by molar-refractivity contribution is 5.72. The maximum atomic E-state index is 11.9. The molecule has 1 saturated carbocycles. The van der Waals surface area contributed by atoms with Crippen LogP contribution in [-0.4, -0.2) is 49.2 Å². The molecule has 0 radical (unpaired) electrons. The van der Waals surface area contributed by atoms with E-state index in [9.17, 15) is 4.79 Å². The normalized spacial score (nSPS) is 35.8. The van der Waals surface area contributed by atoms with E-state index in [1.165, 1.54) is 25.8 Å². The third-order valence-corrected chi connectivity index (χ3v) is 4.97. The van der Waals surface area contributed by atoms with E-state index in [4.69, 9.17) is 4.74 Å². The zero-order valence-corrected chi connectivity index (χ0v) is 13.2. The highest BCUT2D eigenvalue weighted by Crippen LogP contribution is 2.27. The van der Waals surface area contributed by atoms with Crippen molar-refractivity contribution in [2.24, 2.45) is 5.92 Å². The van der Waals surface area contributed by atoms with Gasteiger partial charge in [-0.3, -0.25) is 4.79 Å². The summed E-state index contributed by atoms with van der Waals surface area (Å²) in [5, 5.41) is 3.80. The van der Waals surface area contributed by atoms with E-state index in [-0.39, 0.29) is 11.9 Å². The Balaban J connectivity index is 1.79. The molecule has 0 spiro atoms. The second-order valence-electron chi connectivity index (χ2n) is 6.53. The minimum absolute atomic E-state index is 0.00995. The summed E-state index contributed by atoms with van der Waals surface area (Å²) in [4.78, 5) is 14.3. The number of nitrogens with zero attached hydrogens (tertiary/aromatic N) is 1. The average Bonchev–Trinajstić information content (AvgIpc) is 2.43. The van der Waals surface area contributed by atoms with Gasteiger partial charge in [-0.15, -0.1) is 0 Å². The fraction of sp³-hybridized carbons (Fsp3) is 0.938. The molecule has 2 fully saturated rings. The molecular formula is C16H30N2O2. The lowest BCUT2D eigenvalue weighted by molar-refractivity contribution is -0.149. The Labute approximate surface area is 123 Å². The lowest BCUT2D eigenvalue weighted by Gasteiger charge is -2.38. The molecule has 0 bridgehead atoms. The van der Waals surface area contributed by atoms with E-state index in [1.54, 1.807) is 0 Å². The van der Waals surface area contributed by atoms with Gasteiger partial charge in [0.05, 0.1) is 12.5 Å². The van der Waals surface area contributed by atoms with Crippen molar-refractivity contribution in [3.63, 3.8) is 0 Å². The first kappa shape index (κ1) is 15.8. The number of carbonyl (C=O) groups excluding carboxylic acids is 1. The van der Waals surface area contributed by atoms with Gasteiger partial charge in [-0.1, -0.05) is 6.42 Å². The molecule has 4 atom stereocenters. The summed E-state index contributed by atoms with van der Waals surface area (Å²) in [5.74, 6) is 0.126. The van der Waals surface area contributed by atoms with E-state index in [2.05, 4.69) is 24.2 Å². The van der Waals surface area contributed by atoms with E-state index in [0.717, 1.165) is 19.3 Å². The monoisotopic (exact) mass is 282 g/mol. The van der Waals surface area contributed by atoms with Crippen molar-refractivity contribution in [3.8, 4) is 0 Å². The van der Waals surface area contributed by atoms with Crippen molar-refractivity contribution in [2.75, 3.05) is 20.2 Å². The van der Waals surface area contributed by atoms with Gasteiger partial charge in [0, 0.05) is 18.1 Å². The van der Waals surface area contributed by atoms with Gasteiger partial charge in [-0.2, -0.15) is 0 Å². The number of piperidine rings is 1. The molecule has 4 unspecified atom stereocenters. The maximum Gasteiger partial charge on any atom is 0.308 e. The predicted octanol–water partition coefficient (Wildman–Crippen LogP) is 2.18. The Morgan fingerprint density at radius 1 is 1.25 bits per heavy atom. The largest absolute Gasteiger partial charge is 0.466 e. The first-order valence-corrected chi connectivity index (χ1v) is 8.23. The Bertz CT molecular complexity index is 322. The fourth-order valence-electron chi connectivity index (χ4n) is 3.59. The number of ether oxygens (including phenoxy) is 1. The van der Waals surface area contributed by atoms with Gasteiger partial charge in [0.2, 0.25) is 0 Å². The smallest absolute Gasteiger partial charge is 0.308 e. The third kappa shape index (κ3) is 4.19. The zero-order chi connectivity index (χ0) is 14.5. The van der Waals surface area contributed by atoms with Crippen LogP contribution in [0.1, 0.15) is 52.4 Å². The molecule has 2 rings (SSSR count). The number of rotatable bonds is 4. The Hall–Kier alpha value is -0.610. The number of nitrogens with one attached hydrogen (secondary N) is 1. The van der Waals surface area contributed by atoms with Crippen LogP contribution >= 0.6 is 0 Å². The molecule has 0 aromatic carbocycles. The lowest BCUT2D eigenvalue weighted by atomic mass is 9.84. The molecule has 1 aliphatic heterocycles. The number of hydrogen-bond donors (Lipinski definition) is 1. The number of hydrogen-bond acceptors (Lipinski definition) is 4. The Kier molecular flexibility index (Phi) is 5.85. The van der Waals surface area contributed by atoms with Crippen molar-refractivity contribution >= 4 is 5.97 Å². The standard InChI is InChI=1S/C16H30N2O2/c1-4-20-16(19)13-6-5-7-14(11-13)17-15-8-9-18(3)12(2)10-15/h12-15,17H,4-11H2,1-3H3. The van der Waals surface area contributed by atoms with Gasteiger partial charge < -0.3 is 15.0 Å². The summed E-state index contributed by atoms with van der Waals surface area (Å²) in [6.07, 6.45) is 6.75. The topological polar surface area (TPSA) is 41.6 Å². The molecule has 1 N–H and O–H groups in total. The van der Waals surface area contributed by atoms with Crippen LogP contribution in [-0.2, 0) is 9.53 Å². The van der Waals surface area contributed by atoms with Gasteiger partial charge >= 0.3 is 5.97 Å². The average molecular weight is 282 g/mol. The van der Waals surface area contributed by atoms with Gasteiger partial charge in [0.15, 0.2) is 0 Å². The molecule has 1 saturated heterocycles. The summed E-state index contributed by atoms with van der Waals surface area (Å²) in [6, 6.07) is 1.77. The summed E-state index contributed by atoms with van der Waals surface area (Å²) in [7, 11) is 2.21. The first-order chi connectivity index (χ1) is 9.60. The van der Waals surface area contributed by atoms with E-state index in [0.29, 0.717) is 24.7 Å². The third-order valence-electron chi connectivity index (χ3n) is 4.97. The molecule has 2 aliphatic rings. The molecule has 20 heavy (non-hydrogen) atoms. The minimum atomic E-state index is 0.00995. The quantitative estimate of drug-likeness (QED) is 0.803. The van der Waals surface area contributed by atoms with E-state index >= 15 is 0 Å². The molecule has 116 valence electrons. The zero-order valence-electron chi connectivity index (χ0n) is 13.2. The molecule has 4 nitrogen and oxygen atoms in total. The number of likely N-dealkylation sites (tertiary alicyclic amines) is 1. The van der Waals surface area contributed by atoms with Crippen LogP contribution in [0, 0.1) is 5.92 Å². The Morgan fingerprint density at radius 3 is 2.70 bits per heavy atom. The second kappa shape index (κ2) is 7.41. The molecule has 0 amide bonds. The van der Waals surface area contributed by atoms with Crippen LogP contribution in [0.3, 0.4) is 0 Å². The minimum Gasteiger partial charge on any atom is -0.466 e. The van der Waals surface area contributed by atoms with Crippen molar-refractivity contribution in [3.05, 3.63) is 0 Å². The highest BCUT2D eigenvalue weighted by atomic mass is 16.5. The van der Waals surface area contributed by atoms with Gasteiger partial charge in [0.1, 0.15) is 0 Å². The van der Waals surface area contributed by atoms with Crippen LogP contribution < -0.4 is 5.32 Å². The molecule has 0 aromatic heterocycles. The van der Waals surface area contributed by atoms with E-state index in [1.807, 2.05) is 6.92 Å². The fourth-order valence-corrected chi connectivity index (χ4v) is 3.59. The molecule has 1 heterocycles. The van der Waals surface area contributed by atoms with Gasteiger partial charge in [-0.25, -0.2) is 0 Å². The highest BCUT2D eigenvalue weighted by Gasteiger charge is 2.31. The first-order valence-electron chi connectivity index (χ1n) is 8.23. The van der Waals surface area contributed by atoms with Gasteiger partial charge in [0.25, 0.3) is 0 Å². The molecular weight excluding hydrogens is 252 g/mol.